The summed E-state index contributed by atoms with van der Waals surface area (Å²) in [5, 5.41) is 0. The highest BCUT2D eigenvalue weighted by molar-refractivity contribution is 4.93. The van der Waals surface area contributed by atoms with E-state index < -0.39 is 0 Å². The first-order chi connectivity index (χ1) is 19.9. The molecule has 0 aromatic heterocycles. The SMILES string of the molecule is C[C@@H]1CN(CC(C)(C)C)CCC1N1CCN(C(C)(C)CCC(C)(C)CN2CCC(N3CCN(C(C)(C)C)CC3)CC2)CC1. The quantitative estimate of drug-likeness (QED) is 0.329. The molecule has 2 atom stereocenters. The van der Waals surface area contributed by atoms with Crippen LogP contribution in [0, 0.1) is 16.7 Å². The maximum Gasteiger partial charge on any atom is 0.0154 e. The van der Waals surface area contributed by atoms with E-state index in [0.717, 1.165) is 18.0 Å². The molecule has 0 N–H and O–H groups in total. The molecule has 0 aliphatic carbocycles. The van der Waals surface area contributed by atoms with Crippen molar-refractivity contribution in [3.63, 3.8) is 0 Å². The number of piperidine rings is 2. The molecule has 1 unspecified atom stereocenters. The highest BCUT2D eigenvalue weighted by Crippen LogP contribution is 2.33. The van der Waals surface area contributed by atoms with Gasteiger partial charge in [0.05, 0.1) is 0 Å². The zero-order chi connectivity index (χ0) is 31.6. The molecule has 4 aliphatic heterocycles. The standard InChI is InChI=1S/C37H74N6/c1-31-28-39(29-34(2,3)4)19-14-33(31)41-22-26-43(27-23-41)37(10,11)16-15-36(8,9)30-38-17-12-32(13-18-38)40-20-24-42(25-21-40)35(5,6)7/h31-33H,12-30H2,1-11H3/t31-,33?/m1/s1. The van der Waals surface area contributed by atoms with E-state index in [2.05, 4.69) is 106 Å². The molecule has 0 bridgehead atoms. The molecule has 0 radical (unpaired) electrons. The molecular weight excluding hydrogens is 528 g/mol. The third-order valence-electron chi connectivity index (χ3n) is 11.7. The lowest BCUT2D eigenvalue weighted by molar-refractivity contribution is -0.0105. The first-order valence-corrected chi connectivity index (χ1v) is 18.3. The lowest BCUT2D eigenvalue weighted by Crippen LogP contribution is -2.60. The summed E-state index contributed by atoms with van der Waals surface area (Å²) in [6, 6.07) is 1.58. The fourth-order valence-electron chi connectivity index (χ4n) is 8.92. The second-order valence-corrected chi connectivity index (χ2v) is 18.8. The van der Waals surface area contributed by atoms with Crippen LogP contribution in [0.1, 0.15) is 108 Å². The Labute approximate surface area is 268 Å². The molecule has 43 heavy (non-hydrogen) atoms. The Kier molecular flexibility index (Phi) is 11.8. The van der Waals surface area contributed by atoms with E-state index in [1.165, 1.54) is 124 Å². The predicted octanol–water partition coefficient (Wildman–Crippen LogP) is 5.83. The molecule has 0 saturated carbocycles. The van der Waals surface area contributed by atoms with E-state index in [1.54, 1.807) is 0 Å². The van der Waals surface area contributed by atoms with Crippen molar-refractivity contribution in [1.82, 2.24) is 29.4 Å². The average Bonchev–Trinajstić information content (AvgIpc) is 2.91. The smallest absolute Gasteiger partial charge is 0.0154 e. The Morgan fingerprint density at radius 3 is 1.60 bits per heavy atom. The normalized spacial score (nSPS) is 28.5. The molecule has 6 heteroatoms. The third-order valence-corrected chi connectivity index (χ3v) is 11.7. The highest BCUT2D eigenvalue weighted by Gasteiger charge is 2.38. The van der Waals surface area contributed by atoms with Gasteiger partial charge in [-0.1, -0.05) is 41.5 Å². The van der Waals surface area contributed by atoms with E-state index in [-0.39, 0.29) is 5.54 Å². The van der Waals surface area contributed by atoms with E-state index in [1.807, 2.05) is 0 Å². The van der Waals surface area contributed by atoms with Crippen LogP contribution in [-0.2, 0) is 0 Å². The van der Waals surface area contributed by atoms with Crippen molar-refractivity contribution < 1.29 is 0 Å². The van der Waals surface area contributed by atoms with Gasteiger partial charge in [-0.15, -0.1) is 0 Å². The summed E-state index contributed by atoms with van der Waals surface area (Å²) in [5.41, 5.74) is 1.37. The van der Waals surface area contributed by atoms with Crippen LogP contribution < -0.4 is 0 Å². The summed E-state index contributed by atoms with van der Waals surface area (Å²) in [6.07, 6.45) is 6.68. The number of rotatable bonds is 9. The average molecular weight is 603 g/mol. The maximum atomic E-state index is 2.85. The largest absolute Gasteiger partial charge is 0.303 e. The molecule has 0 aromatic rings. The van der Waals surface area contributed by atoms with Crippen molar-refractivity contribution in [3.05, 3.63) is 0 Å². The van der Waals surface area contributed by atoms with Gasteiger partial charge in [-0.05, 0) is 103 Å². The molecule has 4 rings (SSSR count). The number of piperazine rings is 2. The number of nitrogens with zero attached hydrogens (tertiary/aromatic N) is 6. The second-order valence-electron chi connectivity index (χ2n) is 18.8. The Morgan fingerprint density at radius 1 is 0.535 bits per heavy atom. The summed E-state index contributed by atoms with van der Waals surface area (Å²) in [4.78, 5) is 16.7. The molecule has 4 saturated heterocycles. The lowest BCUT2D eigenvalue weighted by Gasteiger charge is -2.50. The van der Waals surface area contributed by atoms with Crippen molar-refractivity contribution in [2.45, 2.75) is 131 Å². The Bertz CT molecular complexity index is 832. The fraction of sp³-hybridized carbons (Fsp3) is 1.00. The van der Waals surface area contributed by atoms with E-state index in [9.17, 15) is 0 Å². The van der Waals surface area contributed by atoms with E-state index in [0.29, 0.717) is 16.4 Å². The number of hydrogen-bond acceptors (Lipinski definition) is 6. The van der Waals surface area contributed by atoms with Crippen LogP contribution in [0.25, 0.3) is 0 Å². The zero-order valence-corrected chi connectivity index (χ0v) is 30.9. The van der Waals surface area contributed by atoms with Crippen LogP contribution in [-0.4, -0.2) is 144 Å². The van der Waals surface area contributed by atoms with E-state index >= 15 is 0 Å². The summed E-state index contributed by atoms with van der Waals surface area (Å²) in [5.74, 6) is 0.778. The molecule has 0 spiro atoms. The molecule has 4 fully saturated rings. The molecular formula is C37H74N6. The number of hydrogen-bond donors (Lipinski definition) is 0. The van der Waals surface area contributed by atoms with Crippen molar-refractivity contribution in [1.29, 1.82) is 0 Å². The van der Waals surface area contributed by atoms with Crippen LogP contribution in [0.5, 0.6) is 0 Å². The highest BCUT2D eigenvalue weighted by atomic mass is 15.3. The van der Waals surface area contributed by atoms with Gasteiger partial charge in [0.1, 0.15) is 0 Å². The minimum absolute atomic E-state index is 0.285. The Morgan fingerprint density at radius 2 is 1.07 bits per heavy atom. The first kappa shape index (κ1) is 35.6. The Balaban J connectivity index is 1.15. The number of likely N-dealkylation sites (tertiary alicyclic amines) is 2. The fourth-order valence-corrected chi connectivity index (χ4v) is 8.92. The zero-order valence-electron chi connectivity index (χ0n) is 30.9. The summed E-state index contributed by atoms with van der Waals surface area (Å²) in [7, 11) is 0. The predicted molar refractivity (Wildman–Crippen MR) is 186 cm³/mol. The summed E-state index contributed by atoms with van der Waals surface area (Å²) >= 11 is 0. The van der Waals surface area contributed by atoms with Crippen LogP contribution in [0.3, 0.4) is 0 Å². The topological polar surface area (TPSA) is 19.4 Å². The van der Waals surface area contributed by atoms with Gasteiger partial charge in [0.15, 0.2) is 0 Å². The van der Waals surface area contributed by atoms with Gasteiger partial charge in [0.25, 0.3) is 0 Å². The third kappa shape index (κ3) is 10.4. The van der Waals surface area contributed by atoms with Gasteiger partial charge in [-0.25, -0.2) is 0 Å². The molecule has 252 valence electrons. The first-order valence-electron chi connectivity index (χ1n) is 18.3. The van der Waals surface area contributed by atoms with Crippen molar-refractivity contribution >= 4 is 0 Å². The lowest BCUT2D eigenvalue weighted by atomic mass is 9.81. The van der Waals surface area contributed by atoms with Gasteiger partial charge in [-0.2, -0.15) is 0 Å². The van der Waals surface area contributed by atoms with Crippen molar-refractivity contribution in [2.24, 2.45) is 16.7 Å². The molecule has 4 heterocycles. The van der Waals surface area contributed by atoms with Crippen LogP contribution in [0.2, 0.25) is 0 Å². The van der Waals surface area contributed by atoms with Crippen LogP contribution in [0.4, 0.5) is 0 Å². The van der Waals surface area contributed by atoms with Gasteiger partial charge in [0, 0.05) is 95.2 Å². The van der Waals surface area contributed by atoms with Gasteiger partial charge in [-0.3, -0.25) is 19.6 Å². The molecule has 6 nitrogen and oxygen atoms in total. The molecule has 0 amide bonds. The maximum absolute atomic E-state index is 2.85. The second kappa shape index (κ2) is 14.3. The van der Waals surface area contributed by atoms with Gasteiger partial charge < -0.3 is 9.80 Å². The summed E-state index contributed by atoms with van der Waals surface area (Å²) in [6.45, 7) is 44.4. The van der Waals surface area contributed by atoms with Crippen molar-refractivity contribution in [2.75, 3.05) is 91.6 Å². The minimum Gasteiger partial charge on any atom is -0.303 e. The minimum atomic E-state index is 0.285. The Hall–Kier alpha value is -0.240. The van der Waals surface area contributed by atoms with Gasteiger partial charge in [0.2, 0.25) is 0 Å². The van der Waals surface area contributed by atoms with Crippen molar-refractivity contribution in [3.8, 4) is 0 Å². The summed E-state index contributed by atoms with van der Waals surface area (Å²) < 4.78 is 0. The molecule has 0 aromatic carbocycles. The van der Waals surface area contributed by atoms with Gasteiger partial charge >= 0.3 is 0 Å². The monoisotopic (exact) mass is 603 g/mol. The van der Waals surface area contributed by atoms with Crippen LogP contribution in [0.15, 0.2) is 0 Å². The van der Waals surface area contributed by atoms with Crippen LogP contribution >= 0.6 is 0 Å². The van der Waals surface area contributed by atoms with E-state index in [4.69, 9.17) is 0 Å². The molecule has 4 aliphatic rings.